The molecule has 0 fully saturated rings. The van der Waals surface area contributed by atoms with Crippen LogP contribution in [0.4, 0.5) is 0 Å². The fourth-order valence-corrected chi connectivity index (χ4v) is 0.0490. The van der Waals surface area contributed by atoms with Crippen molar-refractivity contribution >= 4 is 11.9 Å². The van der Waals surface area contributed by atoms with Crippen molar-refractivity contribution < 1.29 is 4.21 Å². The second-order valence-electron chi connectivity index (χ2n) is 0.261. The molecule has 0 saturated carbocycles. The van der Waals surface area contributed by atoms with Gasteiger partial charge in [0.1, 0.15) is 0 Å². The molecule has 28 valence electrons. The molecular formula is HN3OS. The Morgan fingerprint density at radius 2 is 2.60 bits per heavy atom. The van der Waals surface area contributed by atoms with Gasteiger partial charge >= 0.3 is 0 Å². The number of hydrogen-bond acceptors (Lipinski definition) is 1. The Hall–Kier alpha value is -0.540. The highest BCUT2D eigenvalue weighted by atomic mass is 32.2. The predicted octanol–water partition coefficient (Wildman–Crippen LogP) is 0.157. The standard InChI is InChI=1S/HN3OS/c1-2-3-5-4/h5H. The Balaban J connectivity index is 3.31. The van der Waals surface area contributed by atoms with E-state index in [1.165, 1.54) is 0 Å². The third-order valence-electron chi connectivity index (χ3n) is 0.0765. The van der Waals surface area contributed by atoms with Crippen molar-refractivity contribution in [2.75, 3.05) is 0 Å². The summed E-state index contributed by atoms with van der Waals surface area (Å²) in [5.41, 5.74) is 7.32. The van der Waals surface area contributed by atoms with E-state index < -0.39 is 11.9 Å². The van der Waals surface area contributed by atoms with Crippen molar-refractivity contribution in [3.63, 3.8) is 0 Å². The molecular weight excluding hydrogens is 90.1 g/mol. The average molecular weight is 91.1 g/mol. The van der Waals surface area contributed by atoms with E-state index in [9.17, 15) is 0 Å². The van der Waals surface area contributed by atoms with Gasteiger partial charge < -0.3 is 0 Å². The maximum Gasteiger partial charge on any atom is 0.0983 e. The Kier molecular flexibility index (Phi) is 3.09. The van der Waals surface area contributed by atoms with Gasteiger partial charge in [-0.25, -0.2) is 0 Å². The molecule has 0 aliphatic rings. The molecule has 0 unspecified atom stereocenters. The van der Waals surface area contributed by atoms with E-state index in [-0.39, 0.29) is 0 Å². The number of nitrogens with zero attached hydrogens (tertiary/aromatic N) is 3. The van der Waals surface area contributed by atoms with E-state index in [0.717, 1.165) is 0 Å². The number of thiol groups is 1. The zero-order chi connectivity index (χ0) is 4.12. The molecule has 0 N–H and O–H groups in total. The van der Waals surface area contributed by atoms with Crippen LogP contribution >= 0.6 is 0 Å². The first kappa shape index (κ1) is 4.46. The Morgan fingerprint density at radius 3 is 2.60 bits per heavy atom. The monoisotopic (exact) mass is 91.0 g/mol. The Morgan fingerprint density at radius 1 is 2.00 bits per heavy atom. The molecule has 0 atom stereocenters. The number of rotatable bonds is 1. The summed E-state index contributed by atoms with van der Waals surface area (Å²) < 4.78 is 11.7. The minimum atomic E-state index is -0.512. The Bertz CT molecular complexity index is 71.0. The normalized spacial score (nSPS) is 5.60. The van der Waals surface area contributed by atoms with Gasteiger partial charge in [0.15, 0.2) is 0 Å². The second-order valence-corrected chi connectivity index (χ2v) is 0.603. The van der Waals surface area contributed by atoms with Crippen molar-refractivity contribution in [2.45, 2.75) is 0 Å². The molecule has 0 heterocycles. The van der Waals surface area contributed by atoms with E-state index >= 15 is 0 Å². The first-order chi connectivity index (χ1) is 2.41. The van der Waals surface area contributed by atoms with Gasteiger partial charge in [0.05, 0.1) is 11.9 Å². The molecule has 0 amide bonds. The van der Waals surface area contributed by atoms with Gasteiger partial charge in [-0.2, -0.15) is 0 Å². The molecule has 5 heavy (non-hydrogen) atoms. The molecule has 0 aromatic heterocycles. The lowest BCUT2D eigenvalue weighted by Crippen LogP contribution is -1.35. The van der Waals surface area contributed by atoms with Gasteiger partial charge in [0, 0.05) is 4.91 Å². The van der Waals surface area contributed by atoms with Crippen LogP contribution in [0.1, 0.15) is 0 Å². The van der Waals surface area contributed by atoms with Crippen LogP contribution < -0.4 is 0 Å². The maximum absolute atomic E-state index is 9.08. The molecule has 0 rings (SSSR count). The highest BCUT2D eigenvalue weighted by Crippen LogP contribution is 1.55. The maximum atomic E-state index is 9.08. The summed E-state index contributed by atoms with van der Waals surface area (Å²) in [6.07, 6.45) is 0. The van der Waals surface area contributed by atoms with Crippen LogP contribution in [0.5, 0.6) is 0 Å². The molecule has 0 radical (unpaired) electrons. The molecule has 0 aliphatic carbocycles. The lowest BCUT2D eigenvalue weighted by molar-refractivity contribution is 0.694. The van der Waals surface area contributed by atoms with Gasteiger partial charge in [-0.3, -0.25) is 4.21 Å². The first-order valence-electron chi connectivity index (χ1n) is 0.783. The van der Waals surface area contributed by atoms with Crippen LogP contribution in [-0.4, -0.2) is 4.21 Å². The van der Waals surface area contributed by atoms with Gasteiger partial charge in [-0.05, 0) is 10.1 Å². The summed E-state index contributed by atoms with van der Waals surface area (Å²) >= 11 is -0.512. The summed E-state index contributed by atoms with van der Waals surface area (Å²) in [5.74, 6) is 0. The van der Waals surface area contributed by atoms with Crippen molar-refractivity contribution in [2.24, 2.45) is 4.52 Å². The fourth-order valence-electron chi connectivity index (χ4n) is 0.0163. The van der Waals surface area contributed by atoms with Crippen molar-refractivity contribution in [3.8, 4) is 0 Å². The largest absolute Gasteiger partial charge is 0.255 e. The van der Waals surface area contributed by atoms with E-state index in [2.05, 4.69) is 9.43 Å². The summed E-state index contributed by atoms with van der Waals surface area (Å²) in [4.78, 5) is 2.15. The lowest BCUT2D eigenvalue weighted by atomic mass is 13.0. The summed E-state index contributed by atoms with van der Waals surface area (Å²) in [6, 6.07) is 0. The smallest absolute Gasteiger partial charge is 0.0983 e. The molecule has 0 aromatic rings. The molecule has 0 spiro atoms. The van der Waals surface area contributed by atoms with Crippen molar-refractivity contribution in [3.05, 3.63) is 10.4 Å². The van der Waals surface area contributed by atoms with Crippen LogP contribution in [0, 0.1) is 0 Å². The first-order valence-corrected chi connectivity index (χ1v) is 1.55. The van der Waals surface area contributed by atoms with E-state index in [1.807, 2.05) is 0 Å². The molecule has 0 aromatic carbocycles. The quantitative estimate of drug-likeness (QED) is 0.212. The Labute approximate surface area is 32.0 Å². The van der Waals surface area contributed by atoms with Crippen LogP contribution in [0.2, 0.25) is 0 Å². The zero-order valence-electron chi connectivity index (χ0n) is 2.20. The van der Waals surface area contributed by atoms with Crippen LogP contribution in [0.3, 0.4) is 0 Å². The van der Waals surface area contributed by atoms with E-state index in [1.54, 1.807) is 0 Å². The van der Waals surface area contributed by atoms with Gasteiger partial charge in [0.25, 0.3) is 0 Å². The molecule has 0 saturated heterocycles. The second kappa shape index (κ2) is 3.46. The van der Waals surface area contributed by atoms with E-state index in [4.69, 9.17) is 9.74 Å². The topological polar surface area (TPSA) is 65.8 Å². The van der Waals surface area contributed by atoms with E-state index in [0.29, 0.717) is 0 Å². The highest BCUT2D eigenvalue weighted by molar-refractivity contribution is 7.63. The van der Waals surface area contributed by atoms with Gasteiger partial charge in [-0.1, -0.05) is 0 Å². The number of hydrogen-bond donors (Lipinski definition) is 1. The molecule has 4 nitrogen and oxygen atoms in total. The molecule has 0 bridgehead atoms. The summed E-state index contributed by atoms with van der Waals surface area (Å²) in [7, 11) is 0. The molecule has 5 heteroatoms. The zero-order valence-corrected chi connectivity index (χ0v) is 3.09. The third-order valence-corrected chi connectivity index (χ3v) is 0.230. The van der Waals surface area contributed by atoms with Crippen LogP contribution in [0.25, 0.3) is 10.4 Å². The van der Waals surface area contributed by atoms with Crippen molar-refractivity contribution in [1.82, 2.24) is 0 Å². The third kappa shape index (κ3) is 3.46. The molecule has 0 aliphatic heterocycles. The van der Waals surface area contributed by atoms with Crippen LogP contribution in [-0.2, 0) is 11.9 Å². The minimum absolute atomic E-state index is 0.512. The summed E-state index contributed by atoms with van der Waals surface area (Å²) in [5, 5.41) is 0. The SMILES string of the molecule is [N-]=[N+]=N[SH]=O. The van der Waals surface area contributed by atoms with Crippen LogP contribution in [0.15, 0.2) is 4.52 Å². The highest BCUT2D eigenvalue weighted by Gasteiger charge is 1.43. The fraction of sp³-hybridized carbons (Fsp3) is 0. The summed E-state index contributed by atoms with van der Waals surface area (Å²) in [6.45, 7) is 0. The average Bonchev–Trinajstić information content (AvgIpc) is 1.41. The van der Waals surface area contributed by atoms with Gasteiger partial charge in [-0.15, -0.1) is 0 Å². The predicted molar refractivity (Wildman–Crippen MR) is 18.7 cm³/mol. The minimum Gasteiger partial charge on any atom is -0.255 e. The number of azide groups is 1. The van der Waals surface area contributed by atoms with Crippen molar-refractivity contribution in [1.29, 1.82) is 0 Å². The van der Waals surface area contributed by atoms with Gasteiger partial charge in [0.2, 0.25) is 0 Å². The lowest BCUT2D eigenvalue weighted by Gasteiger charge is -1.41.